The quantitative estimate of drug-likeness (QED) is 0.536. The Morgan fingerprint density at radius 3 is 2.27 bits per heavy atom. The summed E-state index contributed by atoms with van der Waals surface area (Å²) in [5.74, 6) is 0. The first-order chi connectivity index (χ1) is 6.95. The van der Waals surface area contributed by atoms with Crippen molar-refractivity contribution in [2.24, 2.45) is 21.1 Å². The first kappa shape index (κ1) is 10.4. The number of hydrogen-bond donors (Lipinski definition) is 0. The third kappa shape index (κ3) is 1.26. The first-order valence-electron chi connectivity index (χ1n) is 4.19. The molecule has 0 saturated heterocycles. The maximum absolute atomic E-state index is 11.8. The van der Waals surface area contributed by atoms with E-state index in [1.54, 1.807) is 18.7 Å². The first-order valence-corrected chi connectivity index (χ1v) is 4.93. The fourth-order valence-corrected chi connectivity index (χ4v) is 1.80. The summed E-state index contributed by atoms with van der Waals surface area (Å²) >= 11 is 3.23. The zero-order valence-electron chi connectivity index (χ0n) is 8.41. The van der Waals surface area contributed by atoms with E-state index in [1.165, 1.54) is 11.6 Å². The van der Waals surface area contributed by atoms with Gasteiger partial charge >= 0.3 is 96.9 Å². The Labute approximate surface area is 97.1 Å². The predicted molar refractivity (Wildman–Crippen MR) is 50.8 cm³/mol. The van der Waals surface area contributed by atoms with Crippen molar-refractivity contribution in [3.8, 4) is 0 Å². The summed E-state index contributed by atoms with van der Waals surface area (Å²) in [5, 5.41) is 0. The van der Waals surface area contributed by atoms with Gasteiger partial charge in [-0.05, 0) is 0 Å². The molecule has 7 heteroatoms. The fourth-order valence-electron chi connectivity index (χ4n) is 1.48. The molecule has 15 heavy (non-hydrogen) atoms. The zero-order valence-corrected chi connectivity index (χ0v) is 9.89. The van der Waals surface area contributed by atoms with Crippen LogP contribution in [0, 0.1) is 0 Å². The van der Waals surface area contributed by atoms with Gasteiger partial charge in [0.15, 0.2) is 0 Å². The van der Waals surface area contributed by atoms with Crippen molar-refractivity contribution in [2.75, 3.05) is 0 Å². The molecule has 2 aromatic heterocycles. The maximum atomic E-state index is 11.8. The van der Waals surface area contributed by atoms with Gasteiger partial charge in [-0.15, -0.1) is 0 Å². The van der Waals surface area contributed by atoms with E-state index in [9.17, 15) is 9.59 Å². The standard InChI is InChI=1S/C8H9N4O2.Ag/c1-10-4-9-6-5(10)7(13)12(3)8(14)11(6)2;/h1-3H3;. The van der Waals surface area contributed by atoms with Crippen LogP contribution in [0.2, 0.25) is 0 Å². The topological polar surface area (TPSA) is 61.8 Å². The van der Waals surface area contributed by atoms with Crippen LogP contribution in [0.1, 0.15) is 0 Å². The molecule has 2 aromatic rings. The molecule has 0 fully saturated rings. The number of rotatable bonds is 0. The third-order valence-corrected chi connectivity index (χ3v) is 3.05. The Bertz CT molecular complexity index is 664. The van der Waals surface area contributed by atoms with E-state index in [-0.39, 0.29) is 11.2 Å². The van der Waals surface area contributed by atoms with Gasteiger partial charge in [0, 0.05) is 0 Å². The second kappa shape index (κ2) is 3.19. The average molecular weight is 301 g/mol. The molecular formula is C8H9AgN4O2. The van der Waals surface area contributed by atoms with Crippen molar-refractivity contribution in [1.29, 1.82) is 0 Å². The molecule has 0 N–H and O–H groups in total. The summed E-state index contributed by atoms with van der Waals surface area (Å²) in [4.78, 5) is 27.5. The summed E-state index contributed by atoms with van der Waals surface area (Å²) in [6.07, 6.45) is 0. The van der Waals surface area contributed by atoms with E-state index in [4.69, 9.17) is 0 Å². The predicted octanol–water partition coefficient (Wildman–Crippen LogP) is -1.86. The summed E-state index contributed by atoms with van der Waals surface area (Å²) in [7, 11) is 4.75. The fraction of sp³-hybridized carbons (Fsp3) is 0.375. The molecule has 0 spiro atoms. The van der Waals surface area contributed by atoms with E-state index in [0.717, 1.165) is 4.57 Å². The molecular weight excluding hydrogens is 292 g/mol. The van der Waals surface area contributed by atoms with Crippen LogP contribution in [-0.4, -0.2) is 18.7 Å². The van der Waals surface area contributed by atoms with Crippen LogP contribution in [-0.2, 0) is 42.2 Å². The van der Waals surface area contributed by atoms with Gasteiger partial charge in [-0.25, -0.2) is 0 Å². The molecule has 2 heterocycles. The van der Waals surface area contributed by atoms with Crippen molar-refractivity contribution >= 4 is 15.2 Å². The van der Waals surface area contributed by atoms with Crippen LogP contribution < -0.4 is 15.3 Å². The number of aromatic nitrogens is 4. The van der Waals surface area contributed by atoms with E-state index in [1.807, 2.05) is 0 Å². The van der Waals surface area contributed by atoms with Crippen LogP contribution in [0.3, 0.4) is 0 Å². The Morgan fingerprint density at radius 2 is 1.67 bits per heavy atom. The second-order valence-corrected chi connectivity index (χ2v) is 3.95. The van der Waals surface area contributed by atoms with Gasteiger partial charge in [0.25, 0.3) is 0 Å². The molecule has 0 bridgehead atoms. The third-order valence-electron chi connectivity index (χ3n) is 2.39. The Balaban J connectivity index is 3.23. The SMILES string of the molecule is Cn1c(=O)c2c(n[c]([Ag])n2C)n(C)c1=O. The summed E-state index contributed by atoms with van der Waals surface area (Å²) in [6.45, 7) is 0. The Kier molecular flexibility index (Phi) is 2.22. The minimum atomic E-state index is -0.377. The second-order valence-electron chi connectivity index (χ2n) is 3.28. The molecule has 0 amide bonds. The summed E-state index contributed by atoms with van der Waals surface area (Å²) < 4.78 is 4.54. The monoisotopic (exact) mass is 300 g/mol. The summed E-state index contributed by atoms with van der Waals surface area (Å²) in [5.41, 5.74) is 0.0776. The van der Waals surface area contributed by atoms with E-state index in [2.05, 4.69) is 26.1 Å². The van der Waals surface area contributed by atoms with Crippen LogP contribution in [0.4, 0.5) is 0 Å². The molecule has 0 saturated carbocycles. The summed E-state index contributed by atoms with van der Waals surface area (Å²) in [6, 6.07) is 0. The van der Waals surface area contributed by atoms with Crippen LogP contribution in [0.15, 0.2) is 9.59 Å². The molecule has 0 atom stereocenters. The van der Waals surface area contributed by atoms with Gasteiger partial charge in [0.2, 0.25) is 0 Å². The van der Waals surface area contributed by atoms with Gasteiger partial charge in [-0.2, -0.15) is 0 Å². The van der Waals surface area contributed by atoms with Gasteiger partial charge in [-0.1, -0.05) is 0 Å². The number of hydrogen-bond acceptors (Lipinski definition) is 3. The molecule has 84 valence electrons. The van der Waals surface area contributed by atoms with Crippen molar-refractivity contribution in [2.45, 2.75) is 0 Å². The van der Waals surface area contributed by atoms with Gasteiger partial charge in [-0.3, -0.25) is 0 Å². The van der Waals surface area contributed by atoms with E-state index in [0.29, 0.717) is 15.2 Å². The molecule has 0 aromatic carbocycles. The number of aryl methyl sites for hydroxylation is 2. The molecule has 0 aliphatic rings. The molecule has 0 radical (unpaired) electrons. The Hall–Kier alpha value is -1.11. The van der Waals surface area contributed by atoms with Crippen molar-refractivity contribution in [1.82, 2.24) is 18.7 Å². The van der Waals surface area contributed by atoms with E-state index < -0.39 is 0 Å². The number of fused-ring (bicyclic) bond motifs is 1. The average Bonchev–Trinajstić information content (AvgIpc) is 2.50. The molecule has 2 rings (SSSR count). The van der Waals surface area contributed by atoms with E-state index >= 15 is 0 Å². The van der Waals surface area contributed by atoms with Crippen molar-refractivity contribution < 1.29 is 21.1 Å². The van der Waals surface area contributed by atoms with Crippen molar-refractivity contribution in [3.05, 3.63) is 20.8 Å². The van der Waals surface area contributed by atoms with Gasteiger partial charge < -0.3 is 0 Å². The minimum absolute atomic E-state index is 0.339. The van der Waals surface area contributed by atoms with Gasteiger partial charge in [0.1, 0.15) is 0 Å². The Morgan fingerprint density at radius 1 is 1.07 bits per heavy atom. The molecule has 0 aliphatic carbocycles. The van der Waals surface area contributed by atoms with Gasteiger partial charge in [0.05, 0.1) is 0 Å². The number of imidazole rings is 1. The van der Waals surface area contributed by atoms with Crippen LogP contribution >= 0.6 is 0 Å². The molecule has 0 unspecified atom stereocenters. The van der Waals surface area contributed by atoms with Crippen molar-refractivity contribution in [3.63, 3.8) is 0 Å². The zero-order chi connectivity index (χ0) is 11.3. The number of nitrogens with zero attached hydrogens (tertiary/aromatic N) is 4. The molecule has 0 aliphatic heterocycles. The normalized spacial score (nSPS) is 11.3. The van der Waals surface area contributed by atoms with Crippen LogP contribution in [0.5, 0.6) is 0 Å². The van der Waals surface area contributed by atoms with Crippen LogP contribution in [0.25, 0.3) is 11.2 Å². The molecule has 6 nitrogen and oxygen atoms in total.